The van der Waals surface area contributed by atoms with Crippen LogP contribution >= 0.6 is 0 Å². The monoisotopic (exact) mass is 333 g/mol. The molecule has 0 spiro atoms. The number of ether oxygens (including phenoxy) is 2. The highest BCUT2D eigenvalue weighted by molar-refractivity contribution is 5.86. The lowest BCUT2D eigenvalue weighted by atomic mass is 9.90. The first kappa shape index (κ1) is 17.0. The standard InChI is InChI=1S/C18H27N3O3/c1-23-16-4-2-3-15(11-16)21-8-5-14(13-21)12-20-17(22)18(19)6-9-24-10-7-18/h2-4,11,14H,5-10,12-13,19H2,1H3,(H,20,22). The van der Waals surface area contributed by atoms with Gasteiger partial charge in [-0.2, -0.15) is 0 Å². The Kier molecular flexibility index (Phi) is 5.26. The van der Waals surface area contributed by atoms with Crippen molar-refractivity contribution in [3.63, 3.8) is 0 Å². The van der Waals surface area contributed by atoms with Gasteiger partial charge in [0.1, 0.15) is 5.75 Å². The summed E-state index contributed by atoms with van der Waals surface area (Å²) in [5.41, 5.74) is 6.63. The second-order valence-corrected chi connectivity index (χ2v) is 6.78. The van der Waals surface area contributed by atoms with E-state index in [4.69, 9.17) is 15.2 Å². The zero-order chi connectivity index (χ0) is 17.0. The fourth-order valence-corrected chi connectivity index (χ4v) is 3.42. The van der Waals surface area contributed by atoms with Gasteiger partial charge >= 0.3 is 0 Å². The molecule has 0 aliphatic carbocycles. The van der Waals surface area contributed by atoms with E-state index in [1.165, 1.54) is 5.69 Å². The van der Waals surface area contributed by atoms with Gasteiger partial charge in [-0.25, -0.2) is 0 Å². The molecule has 0 aromatic heterocycles. The number of anilines is 1. The largest absolute Gasteiger partial charge is 0.497 e. The molecule has 1 aromatic carbocycles. The summed E-state index contributed by atoms with van der Waals surface area (Å²) in [6, 6.07) is 8.11. The number of hydrogen-bond acceptors (Lipinski definition) is 5. The van der Waals surface area contributed by atoms with Gasteiger partial charge in [-0.1, -0.05) is 6.07 Å². The first-order chi connectivity index (χ1) is 11.6. The Bertz CT molecular complexity index is 572. The lowest BCUT2D eigenvalue weighted by Gasteiger charge is -2.32. The molecule has 3 rings (SSSR count). The smallest absolute Gasteiger partial charge is 0.240 e. The fourth-order valence-electron chi connectivity index (χ4n) is 3.42. The molecule has 2 saturated heterocycles. The predicted molar refractivity (Wildman–Crippen MR) is 93.3 cm³/mol. The third kappa shape index (κ3) is 3.82. The van der Waals surface area contributed by atoms with Crippen molar-refractivity contribution < 1.29 is 14.3 Å². The van der Waals surface area contributed by atoms with Gasteiger partial charge in [0.2, 0.25) is 5.91 Å². The van der Waals surface area contributed by atoms with E-state index in [0.29, 0.717) is 38.5 Å². The van der Waals surface area contributed by atoms with E-state index < -0.39 is 5.54 Å². The number of nitrogens with one attached hydrogen (secondary N) is 1. The summed E-state index contributed by atoms with van der Waals surface area (Å²) in [5, 5.41) is 3.06. The molecule has 1 atom stereocenters. The van der Waals surface area contributed by atoms with Crippen molar-refractivity contribution >= 4 is 11.6 Å². The molecule has 6 nitrogen and oxygen atoms in total. The van der Waals surface area contributed by atoms with Gasteiger partial charge in [0, 0.05) is 44.6 Å². The summed E-state index contributed by atoms with van der Waals surface area (Å²) in [5.74, 6) is 1.28. The second kappa shape index (κ2) is 7.40. The van der Waals surface area contributed by atoms with Crippen molar-refractivity contribution in [3.05, 3.63) is 24.3 Å². The molecular weight excluding hydrogens is 306 g/mol. The van der Waals surface area contributed by atoms with Gasteiger partial charge in [0.25, 0.3) is 0 Å². The van der Waals surface area contributed by atoms with Gasteiger partial charge in [-0.05, 0) is 37.3 Å². The van der Waals surface area contributed by atoms with Crippen LogP contribution in [0.1, 0.15) is 19.3 Å². The van der Waals surface area contributed by atoms with Gasteiger partial charge in [-0.15, -0.1) is 0 Å². The zero-order valence-electron chi connectivity index (χ0n) is 14.3. The molecular formula is C18H27N3O3. The number of carbonyl (C=O) groups is 1. The minimum Gasteiger partial charge on any atom is -0.497 e. The van der Waals surface area contributed by atoms with E-state index in [1.54, 1.807) is 7.11 Å². The Hall–Kier alpha value is -1.79. The van der Waals surface area contributed by atoms with Crippen molar-refractivity contribution in [2.24, 2.45) is 11.7 Å². The highest BCUT2D eigenvalue weighted by Gasteiger charge is 2.36. The van der Waals surface area contributed by atoms with E-state index in [0.717, 1.165) is 25.3 Å². The van der Waals surface area contributed by atoms with Crippen LogP contribution in [0.15, 0.2) is 24.3 Å². The molecule has 2 aliphatic rings. The summed E-state index contributed by atoms with van der Waals surface area (Å²) in [6.07, 6.45) is 2.26. The van der Waals surface area contributed by atoms with Crippen molar-refractivity contribution in [2.75, 3.05) is 44.9 Å². The predicted octanol–water partition coefficient (Wildman–Crippen LogP) is 1.15. The van der Waals surface area contributed by atoms with Gasteiger partial charge in [0.15, 0.2) is 0 Å². The number of nitrogens with zero attached hydrogens (tertiary/aromatic N) is 1. The van der Waals surface area contributed by atoms with Crippen LogP contribution in [0.25, 0.3) is 0 Å². The average Bonchev–Trinajstić information content (AvgIpc) is 3.09. The highest BCUT2D eigenvalue weighted by atomic mass is 16.5. The summed E-state index contributed by atoms with van der Waals surface area (Å²) in [6.45, 7) is 3.75. The third-order valence-electron chi connectivity index (χ3n) is 5.09. The molecule has 2 heterocycles. The van der Waals surface area contributed by atoms with E-state index in [-0.39, 0.29) is 5.91 Å². The van der Waals surface area contributed by atoms with Gasteiger partial charge < -0.3 is 25.4 Å². The number of rotatable bonds is 5. The van der Waals surface area contributed by atoms with E-state index in [1.807, 2.05) is 12.1 Å². The zero-order valence-corrected chi connectivity index (χ0v) is 14.3. The topological polar surface area (TPSA) is 76.8 Å². The van der Waals surface area contributed by atoms with Crippen LogP contribution in [0.4, 0.5) is 5.69 Å². The second-order valence-electron chi connectivity index (χ2n) is 6.78. The lowest BCUT2D eigenvalue weighted by Crippen LogP contribution is -2.57. The lowest BCUT2D eigenvalue weighted by molar-refractivity contribution is -0.129. The molecule has 24 heavy (non-hydrogen) atoms. The van der Waals surface area contributed by atoms with Crippen LogP contribution in [0, 0.1) is 5.92 Å². The molecule has 1 amide bonds. The number of nitrogens with two attached hydrogens (primary N) is 1. The van der Waals surface area contributed by atoms with Crippen LogP contribution in [-0.2, 0) is 9.53 Å². The molecule has 132 valence electrons. The summed E-state index contributed by atoms with van der Waals surface area (Å²) >= 11 is 0. The van der Waals surface area contributed by atoms with Crippen LogP contribution < -0.4 is 20.7 Å². The van der Waals surface area contributed by atoms with Gasteiger partial charge in [0.05, 0.1) is 12.6 Å². The summed E-state index contributed by atoms with van der Waals surface area (Å²) in [4.78, 5) is 14.7. The highest BCUT2D eigenvalue weighted by Crippen LogP contribution is 2.27. The maximum absolute atomic E-state index is 12.4. The van der Waals surface area contributed by atoms with Crippen LogP contribution in [0.5, 0.6) is 5.75 Å². The maximum atomic E-state index is 12.4. The van der Waals surface area contributed by atoms with Crippen molar-refractivity contribution in [2.45, 2.75) is 24.8 Å². The molecule has 1 aromatic rings. The van der Waals surface area contributed by atoms with E-state index in [9.17, 15) is 4.79 Å². The van der Waals surface area contributed by atoms with Crippen LogP contribution in [0.3, 0.4) is 0 Å². The summed E-state index contributed by atoms with van der Waals surface area (Å²) < 4.78 is 10.6. The number of hydrogen-bond donors (Lipinski definition) is 2. The Morgan fingerprint density at radius 1 is 1.46 bits per heavy atom. The third-order valence-corrected chi connectivity index (χ3v) is 5.09. The molecule has 2 aliphatic heterocycles. The first-order valence-electron chi connectivity index (χ1n) is 8.65. The number of carbonyl (C=O) groups excluding carboxylic acids is 1. The summed E-state index contributed by atoms with van der Waals surface area (Å²) in [7, 11) is 1.68. The Labute approximate surface area is 143 Å². The van der Waals surface area contributed by atoms with Crippen molar-refractivity contribution in [3.8, 4) is 5.75 Å². The van der Waals surface area contributed by atoms with Crippen molar-refractivity contribution in [1.82, 2.24) is 5.32 Å². The number of benzene rings is 1. The first-order valence-corrected chi connectivity index (χ1v) is 8.65. The Balaban J connectivity index is 1.50. The molecule has 3 N–H and O–H groups in total. The molecule has 2 fully saturated rings. The quantitative estimate of drug-likeness (QED) is 0.845. The number of methoxy groups -OCH3 is 1. The SMILES string of the molecule is COc1cccc(N2CCC(CNC(=O)C3(N)CCOCC3)C2)c1. The molecule has 0 saturated carbocycles. The van der Waals surface area contributed by atoms with Crippen molar-refractivity contribution in [1.29, 1.82) is 0 Å². The van der Waals surface area contributed by atoms with E-state index >= 15 is 0 Å². The number of amides is 1. The maximum Gasteiger partial charge on any atom is 0.240 e. The fraction of sp³-hybridized carbons (Fsp3) is 0.611. The van der Waals surface area contributed by atoms with E-state index in [2.05, 4.69) is 22.3 Å². The Morgan fingerprint density at radius 3 is 3.00 bits per heavy atom. The molecule has 0 radical (unpaired) electrons. The van der Waals surface area contributed by atoms with Crippen LogP contribution in [-0.4, -0.2) is 51.4 Å². The average molecular weight is 333 g/mol. The minimum absolute atomic E-state index is 0.0365. The van der Waals surface area contributed by atoms with Gasteiger partial charge in [-0.3, -0.25) is 4.79 Å². The Morgan fingerprint density at radius 2 is 2.25 bits per heavy atom. The minimum atomic E-state index is -0.761. The molecule has 1 unspecified atom stereocenters. The van der Waals surface area contributed by atoms with Crippen LogP contribution in [0.2, 0.25) is 0 Å². The normalized spacial score (nSPS) is 23.1. The molecule has 0 bridgehead atoms. The molecule has 6 heteroatoms.